The molecule has 0 bridgehead atoms. The number of fused-ring (bicyclic) bond motifs is 1. The minimum absolute atomic E-state index is 0. The van der Waals surface area contributed by atoms with Crippen molar-refractivity contribution in [2.45, 2.75) is 55.2 Å². The summed E-state index contributed by atoms with van der Waals surface area (Å²) in [6, 6.07) is 47.2. The third-order valence-corrected chi connectivity index (χ3v) is 12.9. The van der Waals surface area contributed by atoms with Gasteiger partial charge in [0.2, 0.25) is 11.5 Å². The number of anilines is 1. The molecule has 6 aromatic rings. The van der Waals surface area contributed by atoms with E-state index in [1.165, 1.54) is 16.7 Å². The number of hydrogen-bond acceptors (Lipinski definition) is 12. The van der Waals surface area contributed by atoms with Gasteiger partial charge in [-0.25, -0.2) is 14.6 Å². The third kappa shape index (κ3) is 10.5. The second-order valence-electron chi connectivity index (χ2n) is 15.7. The number of thiazole rings is 1. The van der Waals surface area contributed by atoms with Crippen LogP contribution >= 0.6 is 35.7 Å². The Kier molecular flexibility index (Phi) is 14.8. The number of nitrogens with one attached hydrogen (secondary N) is 2. The average molecular weight is 1020 g/mol. The van der Waals surface area contributed by atoms with Crippen LogP contribution in [0.3, 0.4) is 0 Å². The SMILES string of the molecule is CC(C)(C)OC(=O)Nc1nc(/C(=N/OC(c2ccccc2)(c2ccccc2)c2ccccc2)C(=O)NC2SC3CC(=O)N3C(C(=O)OC(c3ccccc3)c3ccccc3)=C2S)cs1.[Ag]. The number of thioether (sulfide) groups is 1. The van der Waals surface area contributed by atoms with Crippen LogP contribution < -0.4 is 10.6 Å². The molecule has 2 N–H and O–H groups in total. The van der Waals surface area contributed by atoms with Gasteiger partial charge in [-0.1, -0.05) is 157 Å². The fourth-order valence-electron chi connectivity index (χ4n) is 7.30. The smallest absolute Gasteiger partial charge is 0.413 e. The number of amides is 3. The molecule has 2 aliphatic heterocycles. The minimum atomic E-state index is -1.37. The minimum Gasteiger partial charge on any atom is -0.448 e. The molecule has 8 rings (SSSR count). The van der Waals surface area contributed by atoms with E-state index in [1.54, 1.807) is 26.2 Å². The molecule has 0 aliphatic carbocycles. The molecule has 5 aromatic carbocycles. The van der Waals surface area contributed by atoms with Crippen molar-refractivity contribution in [1.82, 2.24) is 15.2 Å². The van der Waals surface area contributed by atoms with Gasteiger partial charge in [0.1, 0.15) is 22.4 Å². The largest absolute Gasteiger partial charge is 0.448 e. The summed E-state index contributed by atoms with van der Waals surface area (Å²) in [4.78, 5) is 67.9. The van der Waals surface area contributed by atoms with E-state index in [2.05, 4.69) is 20.8 Å². The Balaban J connectivity index is 0.00000630. The number of nitrogens with zero attached hydrogens (tertiary/aromatic N) is 3. The first-order valence-corrected chi connectivity index (χ1v) is 22.6. The number of oxime groups is 1. The zero-order valence-electron chi connectivity index (χ0n) is 35.2. The van der Waals surface area contributed by atoms with E-state index in [1.807, 2.05) is 152 Å². The average Bonchev–Trinajstić information content (AvgIpc) is 3.76. The van der Waals surface area contributed by atoms with Crippen LogP contribution in [0.15, 0.2) is 173 Å². The molecule has 3 amide bonds. The summed E-state index contributed by atoms with van der Waals surface area (Å²) in [6.45, 7) is 5.23. The molecule has 2 atom stereocenters. The van der Waals surface area contributed by atoms with Crippen LogP contribution in [0.2, 0.25) is 0 Å². The van der Waals surface area contributed by atoms with Crippen molar-refractivity contribution >= 4 is 70.4 Å². The number of carbonyl (C=O) groups excluding carboxylic acids is 4. The Hall–Kier alpha value is -5.94. The predicted molar refractivity (Wildman–Crippen MR) is 250 cm³/mol. The van der Waals surface area contributed by atoms with Gasteiger partial charge in [-0.2, -0.15) is 0 Å². The summed E-state index contributed by atoms with van der Waals surface area (Å²) in [6.07, 6.45) is -1.41. The first kappa shape index (κ1) is 47.0. The van der Waals surface area contributed by atoms with Gasteiger partial charge >= 0.3 is 12.1 Å². The molecule has 1 aromatic heterocycles. The fourth-order valence-corrected chi connectivity index (χ4v) is 9.74. The Morgan fingerprint density at radius 1 is 0.785 bits per heavy atom. The molecule has 1 saturated heterocycles. The normalized spacial score (nSPS) is 16.1. The van der Waals surface area contributed by atoms with Crippen LogP contribution in [0.1, 0.15) is 66.8 Å². The molecule has 16 heteroatoms. The van der Waals surface area contributed by atoms with Gasteiger partial charge in [0.05, 0.1) is 11.8 Å². The first-order chi connectivity index (χ1) is 30.9. The summed E-state index contributed by atoms with van der Waals surface area (Å²) >= 11 is 7.12. The summed E-state index contributed by atoms with van der Waals surface area (Å²) in [5.74, 6) is -1.80. The molecule has 65 heavy (non-hydrogen) atoms. The molecule has 0 spiro atoms. The number of carbonyl (C=O) groups is 4. The van der Waals surface area contributed by atoms with E-state index in [9.17, 15) is 19.2 Å². The Morgan fingerprint density at radius 2 is 1.28 bits per heavy atom. The quantitative estimate of drug-likeness (QED) is 0.0196. The monoisotopic (exact) mass is 1020 g/mol. The van der Waals surface area contributed by atoms with E-state index in [0.29, 0.717) is 0 Å². The maximum atomic E-state index is 14.9. The number of ether oxygens (including phenoxy) is 2. The van der Waals surface area contributed by atoms with Crippen molar-refractivity contribution in [3.05, 3.63) is 201 Å². The van der Waals surface area contributed by atoms with Gasteiger partial charge < -0.3 is 19.6 Å². The van der Waals surface area contributed by atoms with Gasteiger partial charge in [-0.15, -0.1) is 35.7 Å². The van der Waals surface area contributed by atoms with Crippen LogP contribution in [-0.4, -0.2) is 55.8 Å². The van der Waals surface area contributed by atoms with E-state index in [4.69, 9.17) is 26.9 Å². The zero-order chi connectivity index (χ0) is 44.8. The zero-order valence-corrected chi connectivity index (χ0v) is 39.2. The van der Waals surface area contributed by atoms with Gasteiger partial charge in [-0.3, -0.25) is 19.8 Å². The first-order valence-electron chi connectivity index (χ1n) is 20.3. The molecular weight excluding hydrogens is 975 g/mol. The second-order valence-corrected chi connectivity index (χ2v) is 18.4. The standard InChI is InChI=1S/C49H43N5O7S3.Ag/c1-48(2,3)60-47(58)52-46-50-36(30-63-46)39(53-61-49(33-23-13-6-14-24-33,34-25-15-7-16-26-34)35-27-17-8-18-28-35)43(56)51-44-42(62)40(54-37(55)29-38(54)64-44)45(57)59-41(31-19-9-4-10-20-31)32-21-11-5-12-22-32;/h4-28,30,38,41,44,62H,29H2,1-3H3,(H,51,56)(H,50,52,58);/b53-39-;. The number of hydrogen-bond donors (Lipinski definition) is 3. The van der Waals surface area contributed by atoms with Crippen LogP contribution in [0.5, 0.6) is 0 Å². The fraction of sp³-hybridized carbons (Fsp3) is 0.184. The van der Waals surface area contributed by atoms with Crippen molar-refractivity contribution in [1.29, 1.82) is 0 Å². The number of β-lactam (4-membered cyclic amide) rings is 1. The van der Waals surface area contributed by atoms with Crippen LogP contribution in [0, 0.1) is 0 Å². The number of benzene rings is 5. The van der Waals surface area contributed by atoms with E-state index in [-0.39, 0.29) is 61.8 Å². The summed E-state index contributed by atoms with van der Waals surface area (Å²) in [5.41, 5.74) is 1.27. The molecule has 2 unspecified atom stereocenters. The Morgan fingerprint density at radius 3 is 1.75 bits per heavy atom. The summed E-state index contributed by atoms with van der Waals surface area (Å²) < 4.78 is 11.7. The van der Waals surface area contributed by atoms with Crippen molar-refractivity contribution in [3.63, 3.8) is 0 Å². The van der Waals surface area contributed by atoms with Gasteiger partial charge in [0.25, 0.3) is 5.91 Å². The van der Waals surface area contributed by atoms with E-state index in [0.717, 1.165) is 39.2 Å². The molecular formula is C49H43AgN5O7S3. The van der Waals surface area contributed by atoms with Crippen molar-refractivity contribution in [2.75, 3.05) is 5.32 Å². The molecule has 1 radical (unpaired) electrons. The predicted octanol–water partition coefficient (Wildman–Crippen LogP) is 9.42. The number of rotatable bonds is 13. The van der Waals surface area contributed by atoms with Crippen molar-refractivity contribution in [3.8, 4) is 0 Å². The maximum absolute atomic E-state index is 14.9. The van der Waals surface area contributed by atoms with Crippen LogP contribution in [-0.2, 0) is 56.7 Å². The van der Waals surface area contributed by atoms with Crippen molar-refractivity contribution < 1.29 is 55.9 Å². The second kappa shape index (κ2) is 20.5. The van der Waals surface area contributed by atoms with Crippen LogP contribution in [0.4, 0.5) is 9.93 Å². The molecule has 12 nitrogen and oxygen atoms in total. The number of aromatic nitrogens is 1. The molecule has 1 fully saturated rings. The molecule has 3 heterocycles. The van der Waals surface area contributed by atoms with Crippen LogP contribution in [0.25, 0.3) is 0 Å². The molecule has 0 saturated carbocycles. The van der Waals surface area contributed by atoms with Gasteiger partial charge in [0, 0.05) is 49.4 Å². The van der Waals surface area contributed by atoms with E-state index < -0.39 is 46.0 Å². The van der Waals surface area contributed by atoms with Crippen molar-refractivity contribution in [2.24, 2.45) is 5.16 Å². The van der Waals surface area contributed by atoms with Gasteiger partial charge in [-0.05, 0) is 31.9 Å². The molecule has 2 aliphatic rings. The Labute approximate surface area is 405 Å². The van der Waals surface area contributed by atoms with Gasteiger partial charge in [0.15, 0.2) is 16.9 Å². The number of thiol groups is 1. The third-order valence-electron chi connectivity index (χ3n) is 10.2. The topological polar surface area (TPSA) is 149 Å². The number of esters is 1. The maximum Gasteiger partial charge on any atom is 0.413 e. The molecule has 335 valence electrons. The Bertz CT molecular complexity index is 2570. The summed E-state index contributed by atoms with van der Waals surface area (Å²) in [5, 5.41) is 10.6. The van der Waals surface area contributed by atoms with E-state index >= 15 is 0 Å². The summed E-state index contributed by atoms with van der Waals surface area (Å²) in [7, 11) is 0.